The fourth-order valence-corrected chi connectivity index (χ4v) is 6.64. The van der Waals surface area contributed by atoms with Crippen molar-refractivity contribution in [3.8, 4) is 11.1 Å². The van der Waals surface area contributed by atoms with Crippen molar-refractivity contribution in [1.82, 2.24) is 14.8 Å². The van der Waals surface area contributed by atoms with E-state index in [1.54, 1.807) is 0 Å². The van der Waals surface area contributed by atoms with Gasteiger partial charge in [-0.15, -0.1) is 0 Å². The minimum atomic E-state index is -1.07. The average Bonchev–Trinajstić information content (AvgIpc) is 3.39. The predicted octanol–water partition coefficient (Wildman–Crippen LogP) is 6.26. The summed E-state index contributed by atoms with van der Waals surface area (Å²) in [4.78, 5) is 30.1. The number of aromatic nitrogens is 3. The number of carbonyl (C=O) groups is 2. The van der Waals surface area contributed by atoms with Crippen LogP contribution in [-0.4, -0.2) is 51.4 Å². The third-order valence-corrected chi connectivity index (χ3v) is 8.98. The lowest BCUT2D eigenvalue weighted by Gasteiger charge is -2.33. The van der Waals surface area contributed by atoms with Crippen molar-refractivity contribution in [3.63, 3.8) is 0 Å². The standard InChI is InChI=1S/C31H30ClN3O5/c32-20-6-4-17(5-7-20)27-21-13-19-16-33-35(26-3-1-2-10-40-26)25(19)15-22(21)29(23-14-24(30(23)36)31(37)38)34-28(27)18-8-11-39-12-9-18/h4-7,13,15-16,18,23-24,26H,1-3,8-12,14H2,(H,37,38). The van der Waals surface area contributed by atoms with Gasteiger partial charge in [0.25, 0.3) is 0 Å². The Morgan fingerprint density at radius 3 is 2.50 bits per heavy atom. The highest BCUT2D eigenvalue weighted by atomic mass is 35.5. The molecule has 4 heterocycles. The Morgan fingerprint density at radius 1 is 1.00 bits per heavy atom. The zero-order valence-electron chi connectivity index (χ0n) is 22.0. The Hall–Kier alpha value is -3.33. The summed E-state index contributed by atoms with van der Waals surface area (Å²) < 4.78 is 13.7. The summed E-state index contributed by atoms with van der Waals surface area (Å²) >= 11 is 6.27. The first-order chi connectivity index (χ1) is 19.5. The fraction of sp³-hybridized carbons (Fsp3) is 0.419. The second-order valence-electron chi connectivity index (χ2n) is 11.1. The first-order valence-corrected chi connectivity index (χ1v) is 14.4. The zero-order valence-corrected chi connectivity index (χ0v) is 22.8. The van der Waals surface area contributed by atoms with Crippen molar-refractivity contribution in [2.75, 3.05) is 19.8 Å². The van der Waals surface area contributed by atoms with Crippen LogP contribution < -0.4 is 0 Å². The van der Waals surface area contributed by atoms with E-state index in [9.17, 15) is 14.7 Å². The summed E-state index contributed by atoms with van der Waals surface area (Å²) in [6, 6.07) is 12.0. The SMILES string of the molecule is O=C(O)C1CC(c2nc(C3CCOCC3)c(-c3ccc(Cl)cc3)c3cc4cnn(C5CCCCO5)c4cc23)C1=O. The second-order valence-corrected chi connectivity index (χ2v) is 11.5. The van der Waals surface area contributed by atoms with E-state index in [4.69, 9.17) is 31.2 Å². The van der Waals surface area contributed by atoms with Crippen molar-refractivity contribution in [3.05, 3.63) is 59.0 Å². The number of pyridine rings is 1. The molecule has 2 aromatic heterocycles. The van der Waals surface area contributed by atoms with Crippen LogP contribution in [0.3, 0.4) is 0 Å². The normalized spacial score (nSPS) is 23.9. The molecule has 3 fully saturated rings. The molecule has 4 aromatic rings. The molecule has 1 N–H and O–H groups in total. The van der Waals surface area contributed by atoms with E-state index >= 15 is 0 Å². The highest BCUT2D eigenvalue weighted by molar-refractivity contribution is 6.30. The fourth-order valence-electron chi connectivity index (χ4n) is 6.51. The van der Waals surface area contributed by atoms with Crippen LogP contribution in [-0.2, 0) is 19.1 Å². The number of halogens is 1. The summed E-state index contributed by atoms with van der Waals surface area (Å²) in [7, 11) is 0. The number of ether oxygens (including phenoxy) is 2. The molecule has 1 saturated carbocycles. The van der Waals surface area contributed by atoms with Crippen molar-refractivity contribution < 1.29 is 24.2 Å². The van der Waals surface area contributed by atoms with Gasteiger partial charge in [-0.3, -0.25) is 14.6 Å². The van der Waals surface area contributed by atoms with Gasteiger partial charge < -0.3 is 14.6 Å². The summed E-state index contributed by atoms with van der Waals surface area (Å²) in [6.07, 6.45) is 6.66. The number of aliphatic carboxylic acids is 1. The Kier molecular flexibility index (Phi) is 6.57. The van der Waals surface area contributed by atoms with Crippen LogP contribution >= 0.6 is 11.6 Å². The lowest BCUT2D eigenvalue weighted by molar-refractivity contribution is -0.152. The Morgan fingerprint density at radius 2 is 1.80 bits per heavy atom. The van der Waals surface area contributed by atoms with Crippen LogP contribution in [0.4, 0.5) is 0 Å². The molecule has 3 aliphatic rings. The lowest BCUT2D eigenvalue weighted by Crippen LogP contribution is -2.41. The molecule has 206 valence electrons. The predicted molar refractivity (Wildman–Crippen MR) is 151 cm³/mol. The molecule has 7 rings (SSSR count). The van der Waals surface area contributed by atoms with Gasteiger partial charge in [0, 0.05) is 47.1 Å². The summed E-state index contributed by atoms with van der Waals surface area (Å²) in [5.41, 5.74) is 4.54. The molecule has 0 spiro atoms. The van der Waals surface area contributed by atoms with E-state index in [0.29, 0.717) is 30.5 Å². The molecule has 0 bridgehead atoms. The Labute approximate surface area is 236 Å². The van der Waals surface area contributed by atoms with Crippen LogP contribution in [0.2, 0.25) is 5.02 Å². The van der Waals surface area contributed by atoms with Crippen molar-refractivity contribution in [2.24, 2.45) is 5.92 Å². The number of nitrogens with zero attached hydrogens (tertiary/aromatic N) is 3. The minimum absolute atomic E-state index is 0.140. The maximum atomic E-state index is 13.2. The van der Waals surface area contributed by atoms with Gasteiger partial charge in [0.15, 0.2) is 12.0 Å². The van der Waals surface area contributed by atoms with Crippen LogP contribution in [0.1, 0.15) is 68.0 Å². The number of carboxylic acids is 1. The summed E-state index contributed by atoms with van der Waals surface area (Å²) in [5.74, 6) is -2.72. The van der Waals surface area contributed by atoms with Crippen LogP contribution in [0.5, 0.6) is 0 Å². The minimum Gasteiger partial charge on any atom is -0.481 e. The smallest absolute Gasteiger partial charge is 0.314 e. The molecule has 2 aromatic carbocycles. The third-order valence-electron chi connectivity index (χ3n) is 8.73. The lowest BCUT2D eigenvalue weighted by atomic mass is 9.70. The molecule has 0 radical (unpaired) electrons. The van der Waals surface area contributed by atoms with Crippen LogP contribution in [0, 0.1) is 5.92 Å². The molecule has 0 amide bonds. The van der Waals surface area contributed by atoms with Crippen LogP contribution in [0.15, 0.2) is 42.6 Å². The third kappa shape index (κ3) is 4.29. The van der Waals surface area contributed by atoms with Gasteiger partial charge in [0.2, 0.25) is 0 Å². The first kappa shape index (κ1) is 25.6. The molecule has 40 heavy (non-hydrogen) atoms. The van der Waals surface area contributed by atoms with Crippen LogP contribution in [0.25, 0.3) is 32.8 Å². The van der Waals surface area contributed by atoms with Gasteiger partial charge in [0.05, 0.1) is 29.0 Å². The van der Waals surface area contributed by atoms with E-state index in [2.05, 4.69) is 12.1 Å². The number of fused-ring (bicyclic) bond motifs is 2. The number of carboxylic acid groups (broad SMARTS) is 1. The summed E-state index contributed by atoms with van der Waals surface area (Å²) in [5, 5.41) is 17.8. The van der Waals surface area contributed by atoms with Gasteiger partial charge in [-0.1, -0.05) is 23.7 Å². The number of Topliss-reactive ketones (excluding diaryl/α,β-unsaturated/α-hetero) is 1. The quantitative estimate of drug-likeness (QED) is 0.288. The highest BCUT2D eigenvalue weighted by Gasteiger charge is 2.47. The molecule has 9 heteroatoms. The molecule has 1 aliphatic carbocycles. The van der Waals surface area contributed by atoms with Crippen molar-refractivity contribution >= 4 is 45.0 Å². The van der Waals surface area contributed by atoms with Gasteiger partial charge in [-0.25, -0.2) is 4.68 Å². The van der Waals surface area contributed by atoms with Gasteiger partial charge >= 0.3 is 5.97 Å². The van der Waals surface area contributed by atoms with Crippen molar-refractivity contribution in [1.29, 1.82) is 0 Å². The molecular weight excluding hydrogens is 530 g/mol. The monoisotopic (exact) mass is 559 g/mol. The van der Waals surface area contributed by atoms with E-state index in [0.717, 1.165) is 70.6 Å². The van der Waals surface area contributed by atoms with Gasteiger partial charge in [-0.2, -0.15) is 5.10 Å². The molecule has 2 saturated heterocycles. The van der Waals surface area contributed by atoms with E-state index in [1.165, 1.54) is 0 Å². The Bertz CT molecular complexity index is 1620. The first-order valence-electron chi connectivity index (χ1n) is 14.1. The zero-order chi connectivity index (χ0) is 27.4. The molecule has 3 unspecified atom stereocenters. The number of rotatable bonds is 5. The molecule has 8 nitrogen and oxygen atoms in total. The van der Waals surface area contributed by atoms with E-state index < -0.39 is 17.8 Å². The largest absolute Gasteiger partial charge is 0.481 e. The number of carbonyl (C=O) groups excluding carboxylic acids is 1. The van der Waals surface area contributed by atoms with E-state index in [-0.39, 0.29) is 24.3 Å². The Balaban J connectivity index is 1.49. The highest BCUT2D eigenvalue weighted by Crippen LogP contribution is 2.46. The van der Waals surface area contributed by atoms with Gasteiger partial charge in [0.1, 0.15) is 5.92 Å². The molecule has 3 atom stereocenters. The second kappa shape index (κ2) is 10.3. The number of ketones is 1. The molecule has 2 aliphatic heterocycles. The van der Waals surface area contributed by atoms with Gasteiger partial charge in [-0.05, 0) is 73.7 Å². The number of hydrogen-bond donors (Lipinski definition) is 1. The number of hydrogen-bond acceptors (Lipinski definition) is 6. The topological polar surface area (TPSA) is 104 Å². The molecular formula is C31H30ClN3O5. The van der Waals surface area contributed by atoms with Crippen molar-refractivity contribution in [2.45, 2.75) is 56.6 Å². The maximum absolute atomic E-state index is 13.2. The number of benzene rings is 2. The summed E-state index contributed by atoms with van der Waals surface area (Å²) in [6.45, 7) is 2.00. The average molecular weight is 560 g/mol. The van der Waals surface area contributed by atoms with E-state index in [1.807, 2.05) is 35.1 Å². The maximum Gasteiger partial charge on any atom is 0.314 e.